The zero-order valence-electron chi connectivity index (χ0n) is 6.89. The van der Waals surface area contributed by atoms with Crippen molar-refractivity contribution >= 4 is 23.1 Å². The molecule has 11 heavy (non-hydrogen) atoms. The molecule has 1 atom stereocenters. The maximum Gasteiger partial charge on any atom is 0.217 e. The molecule has 0 spiro atoms. The lowest BCUT2D eigenvalue weighted by Crippen LogP contribution is -2.42. The second kappa shape index (κ2) is 5.07. The molecule has 0 aromatic rings. The van der Waals surface area contributed by atoms with Gasteiger partial charge in [-0.2, -0.15) is 0 Å². The van der Waals surface area contributed by atoms with Gasteiger partial charge in [0.1, 0.15) is 0 Å². The zero-order valence-corrected chi connectivity index (χ0v) is 7.70. The molecule has 3 nitrogen and oxygen atoms in total. The fourth-order valence-electron chi connectivity index (χ4n) is 0.820. The van der Waals surface area contributed by atoms with Crippen molar-refractivity contribution in [2.24, 2.45) is 5.73 Å². The minimum Gasteiger partial charge on any atom is -0.392 e. The average molecular weight is 174 g/mol. The van der Waals surface area contributed by atoms with E-state index in [2.05, 4.69) is 5.32 Å². The van der Waals surface area contributed by atoms with E-state index in [0.717, 1.165) is 12.8 Å². The van der Waals surface area contributed by atoms with Crippen molar-refractivity contribution in [1.82, 2.24) is 5.32 Å². The first-order valence-electron chi connectivity index (χ1n) is 3.64. The number of hydrogen-bond acceptors (Lipinski definition) is 2. The second-order valence-electron chi connectivity index (χ2n) is 2.44. The van der Waals surface area contributed by atoms with Gasteiger partial charge in [0.15, 0.2) is 0 Å². The molecule has 0 aliphatic carbocycles. The number of hydrogen-bond donors (Lipinski definition) is 2. The Labute approximate surface area is 72.3 Å². The van der Waals surface area contributed by atoms with E-state index < -0.39 is 0 Å². The molecule has 3 N–H and O–H groups in total. The van der Waals surface area contributed by atoms with E-state index in [1.165, 1.54) is 6.92 Å². The molecule has 0 fully saturated rings. The summed E-state index contributed by atoms with van der Waals surface area (Å²) in [7, 11) is 0. The lowest BCUT2D eigenvalue weighted by molar-refractivity contribution is -0.119. The molecule has 0 saturated heterocycles. The van der Waals surface area contributed by atoms with Crippen molar-refractivity contribution in [3.05, 3.63) is 0 Å². The molecule has 0 heterocycles. The lowest BCUT2D eigenvalue weighted by atomic mass is 10.1. The highest BCUT2D eigenvalue weighted by Crippen LogP contribution is 1.96. The molecule has 0 aliphatic rings. The highest BCUT2D eigenvalue weighted by atomic mass is 32.1. The van der Waals surface area contributed by atoms with Crippen molar-refractivity contribution < 1.29 is 4.79 Å². The summed E-state index contributed by atoms with van der Waals surface area (Å²) in [6, 6.07) is -0.132. The van der Waals surface area contributed by atoms with Gasteiger partial charge in [-0.1, -0.05) is 25.6 Å². The van der Waals surface area contributed by atoms with Crippen LogP contribution in [-0.2, 0) is 4.79 Å². The van der Waals surface area contributed by atoms with Gasteiger partial charge < -0.3 is 11.1 Å². The molecule has 0 aromatic heterocycles. The number of rotatable bonds is 4. The van der Waals surface area contributed by atoms with Crippen LogP contribution in [0.15, 0.2) is 0 Å². The number of carbonyl (C=O) groups excluding carboxylic acids is 1. The third kappa shape index (κ3) is 4.72. The molecule has 1 unspecified atom stereocenters. The topological polar surface area (TPSA) is 55.1 Å². The standard InChI is InChI=1S/C7H14N2OS/c1-3-4-6(7(8)11)9-5(2)10/h6H,3-4H2,1-2H3,(H2,8,11)(H,9,10). The number of nitrogens with one attached hydrogen (secondary N) is 1. The normalized spacial score (nSPS) is 12.2. The summed E-state index contributed by atoms with van der Waals surface area (Å²) < 4.78 is 0. The Hall–Kier alpha value is -0.640. The molecule has 0 aliphatic heterocycles. The Kier molecular flexibility index (Phi) is 4.77. The molecule has 64 valence electrons. The van der Waals surface area contributed by atoms with E-state index in [0.29, 0.717) is 4.99 Å². The summed E-state index contributed by atoms with van der Waals surface area (Å²) in [5.74, 6) is -0.0868. The first kappa shape index (κ1) is 10.4. The third-order valence-electron chi connectivity index (χ3n) is 1.30. The van der Waals surface area contributed by atoms with E-state index in [-0.39, 0.29) is 11.9 Å². The third-order valence-corrected chi connectivity index (χ3v) is 1.58. The smallest absolute Gasteiger partial charge is 0.217 e. The van der Waals surface area contributed by atoms with Crippen LogP contribution in [0.2, 0.25) is 0 Å². The summed E-state index contributed by atoms with van der Waals surface area (Å²) in [5, 5.41) is 2.68. The Bertz CT molecular complexity index is 159. The molecule has 4 heteroatoms. The molecule has 0 saturated carbocycles. The fourth-order valence-corrected chi connectivity index (χ4v) is 0.996. The molecule has 0 aromatic carbocycles. The lowest BCUT2D eigenvalue weighted by Gasteiger charge is -2.14. The summed E-state index contributed by atoms with van der Waals surface area (Å²) in [6.45, 7) is 3.48. The number of thiocarbonyl (C=S) groups is 1. The van der Waals surface area contributed by atoms with Crippen LogP contribution in [0, 0.1) is 0 Å². The van der Waals surface area contributed by atoms with Crippen molar-refractivity contribution in [1.29, 1.82) is 0 Å². The predicted octanol–water partition coefficient (Wildman–Crippen LogP) is 0.577. The highest BCUT2D eigenvalue weighted by molar-refractivity contribution is 7.80. The van der Waals surface area contributed by atoms with E-state index in [9.17, 15) is 4.79 Å². The Morgan fingerprint density at radius 3 is 2.55 bits per heavy atom. The first-order valence-corrected chi connectivity index (χ1v) is 4.05. The van der Waals surface area contributed by atoms with E-state index in [1.807, 2.05) is 6.92 Å². The van der Waals surface area contributed by atoms with E-state index in [1.54, 1.807) is 0 Å². The van der Waals surface area contributed by atoms with E-state index >= 15 is 0 Å². The van der Waals surface area contributed by atoms with Crippen LogP contribution in [0.4, 0.5) is 0 Å². The predicted molar refractivity (Wildman–Crippen MR) is 49.3 cm³/mol. The van der Waals surface area contributed by atoms with Gasteiger partial charge in [-0.3, -0.25) is 4.79 Å². The summed E-state index contributed by atoms with van der Waals surface area (Å²) in [6.07, 6.45) is 1.78. The SMILES string of the molecule is CCCC(NC(C)=O)C(N)=S. The van der Waals surface area contributed by atoms with Crippen LogP contribution in [0.3, 0.4) is 0 Å². The zero-order chi connectivity index (χ0) is 8.85. The Morgan fingerprint density at radius 1 is 1.73 bits per heavy atom. The maximum absolute atomic E-state index is 10.6. The molecule has 0 rings (SSSR count). The minimum absolute atomic E-state index is 0.0868. The Morgan fingerprint density at radius 2 is 2.27 bits per heavy atom. The Balaban J connectivity index is 3.89. The molecule has 1 amide bonds. The number of nitrogens with two attached hydrogens (primary N) is 1. The molecular weight excluding hydrogens is 160 g/mol. The minimum atomic E-state index is -0.132. The van der Waals surface area contributed by atoms with Crippen molar-refractivity contribution in [3.63, 3.8) is 0 Å². The van der Waals surface area contributed by atoms with Crippen molar-refractivity contribution in [2.45, 2.75) is 32.7 Å². The van der Waals surface area contributed by atoms with Gasteiger partial charge in [0.2, 0.25) is 5.91 Å². The van der Waals surface area contributed by atoms with Gasteiger partial charge in [-0.25, -0.2) is 0 Å². The van der Waals surface area contributed by atoms with Crippen LogP contribution < -0.4 is 11.1 Å². The van der Waals surface area contributed by atoms with Crippen LogP contribution in [0.5, 0.6) is 0 Å². The van der Waals surface area contributed by atoms with Gasteiger partial charge >= 0.3 is 0 Å². The summed E-state index contributed by atoms with van der Waals surface area (Å²) in [4.78, 5) is 11.0. The van der Waals surface area contributed by atoms with Crippen molar-refractivity contribution in [2.75, 3.05) is 0 Å². The van der Waals surface area contributed by atoms with Crippen molar-refractivity contribution in [3.8, 4) is 0 Å². The fraction of sp³-hybridized carbons (Fsp3) is 0.714. The largest absolute Gasteiger partial charge is 0.392 e. The number of carbonyl (C=O) groups is 1. The second-order valence-corrected chi connectivity index (χ2v) is 2.92. The van der Waals surface area contributed by atoms with Gasteiger partial charge in [-0.15, -0.1) is 0 Å². The van der Waals surface area contributed by atoms with Gasteiger partial charge in [0, 0.05) is 6.92 Å². The van der Waals surface area contributed by atoms with Gasteiger partial charge in [0.05, 0.1) is 11.0 Å². The maximum atomic E-state index is 10.6. The van der Waals surface area contributed by atoms with Crippen LogP contribution in [0.1, 0.15) is 26.7 Å². The average Bonchev–Trinajstić information content (AvgIpc) is 1.86. The quantitative estimate of drug-likeness (QED) is 0.613. The monoisotopic (exact) mass is 174 g/mol. The van der Waals surface area contributed by atoms with Crippen LogP contribution >= 0.6 is 12.2 Å². The first-order chi connectivity index (χ1) is 5.07. The van der Waals surface area contributed by atoms with Crippen LogP contribution in [-0.4, -0.2) is 16.9 Å². The van der Waals surface area contributed by atoms with Gasteiger partial charge in [0.25, 0.3) is 0 Å². The van der Waals surface area contributed by atoms with E-state index in [4.69, 9.17) is 18.0 Å². The summed E-state index contributed by atoms with van der Waals surface area (Å²) >= 11 is 4.76. The molecule has 0 bridgehead atoms. The summed E-state index contributed by atoms with van der Waals surface area (Å²) in [5.41, 5.74) is 5.39. The van der Waals surface area contributed by atoms with Gasteiger partial charge in [-0.05, 0) is 6.42 Å². The molecular formula is C7H14N2OS. The number of amides is 1. The highest BCUT2D eigenvalue weighted by Gasteiger charge is 2.10. The molecule has 0 radical (unpaired) electrons. The van der Waals surface area contributed by atoms with Crippen LogP contribution in [0.25, 0.3) is 0 Å².